The molecule has 0 saturated carbocycles. The Balaban J connectivity index is 2.16. The SMILES string of the molecule is CC1(C(=O)O)CCN(S(=O)(=O)Cc2ccc(Br)c(F)c2)C1. The topological polar surface area (TPSA) is 74.7 Å². The van der Waals surface area contributed by atoms with Crippen LogP contribution in [0.5, 0.6) is 0 Å². The number of hydrogen-bond acceptors (Lipinski definition) is 3. The number of carboxylic acids is 1. The molecule has 1 saturated heterocycles. The van der Waals surface area contributed by atoms with Gasteiger partial charge in [-0.05, 0) is 47.0 Å². The van der Waals surface area contributed by atoms with E-state index in [0.29, 0.717) is 5.56 Å². The molecule has 5 nitrogen and oxygen atoms in total. The van der Waals surface area contributed by atoms with Gasteiger partial charge in [-0.25, -0.2) is 17.1 Å². The lowest BCUT2D eigenvalue weighted by Gasteiger charge is -2.20. The van der Waals surface area contributed by atoms with Crippen molar-refractivity contribution in [1.82, 2.24) is 4.31 Å². The molecule has 21 heavy (non-hydrogen) atoms. The predicted molar refractivity (Wildman–Crippen MR) is 78.7 cm³/mol. The molecule has 1 aromatic rings. The normalized spacial score (nSPS) is 23.4. The van der Waals surface area contributed by atoms with Crippen molar-refractivity contribution in [3.8, 4) is 0 Å². The van der Waals surface area contributed by atoms with E-state index in [2.05, 4.69) is 15.9 Å². The second-order valence-corrected chi connectivity index (χ2v) is 8.28. The summed E-state index contributed by atoms with van der Waals surface area (Å²) in [6.45, 7) is 1.65. The molecule has 0 amide bonds. The summed E-state index contributed by atoms with van der Waals surface area (Å²) in [5.74, 6) is -1.87. The molecule has 8 heteroatoms. The van der Waals surface area contributed by atoms with E-state index in [1.165, 1.54) is 23.4 Å². The average Bonchev–Trinajstić information content (AvgIpc) is 2.79. The lowest BCUT2D eigenvalue weighted by molar-refractivity contribution is -0.146. The summed E-state index contributed by atoms with van der Waals surface area (Å²) in [7, 11) is -3.66. The number of hydrogen-bond donors (Lipinski definition) is 1. The molecule has 1 unspecified atom stereocenters. The fourth-order valence-corrected chi connectivity index (χ4v) is 4.14. The molecule has 2 rings (SSSR count). The molecule has 1 aliphatic heterocycles. The van der Waals surface area contributed by atoms with Crippen molar-refractivity contribution in [2.75, 3.05) is 13.1 Å². The lowest BCUT2D eigenvalue weighted by atomic mass is 9.90. The summed E-state index contributed by atoms with van der Waals surface area (Å²) in [5, 5.41) is 9.14. The van der Waals surface area contributed by atoms with Crippen LogP contribution in [0.1, 0.15) is 18.9 Å². The van der Waals surface area contributed by atoms with Gasteiger partial charge >= 0.3 is 5.97 Å². The maximum Gasteiger partial charge on any atom is 0.310 e. The second kappa shape index (κ2) is 5.66. The zero-order valence-corrected chi connectivity index (χ0v) is 13.7. The molecule has 0 radical (unpaired) electrons. The molecule has 1 aliphatic rings. The molecule has 1 N–H and O–H groups in total. The highest BCUT2D eigenvalue weighted by Gasteiger charge is 2.44. The molecule has 116 valence electrons. The van der Waals surface area contributed by atoms with Crippen LogP contribution in [0.15, 0.2) is 22.7 Å². The van der Waals surface area contributed by atoms with E-state index in [9.17, 15) is 17.6 Å². The minimum absolute atomic E-state index is 0.0519. The first-order valence-corrected chi connectivity index (χ1v) is 8.69. The summed E-state index contributed by atoms with van der Waals surface area (Å²) in [5.41, 5.74) is -0.725. The molecular formula is C13H15BrFNO4S. The van der Waals surface area contributed by atoms with E-state index in [0.717, 1.165) is 6.07 Å². The molecule has 1 fully saturated rings. The van der Waals surface area contributed by atoms with E-state index >= 15 is 0 Å². The third-order valence-corrected chi connectivity index (χ3v) is 6.12. The zero-order valence-electron chi connectivity index (χ0n) is 11.3. The van der Waals surface area contributed by atoms with Gasteiger partial charge in [-0.2, -0.15) is 0 Å². The van der Waals surface area contributed by atoms with Crippen molar-refractivity contribution >= 4 is 31.9 Å². The summed E-state index contributed by atoms with van der Waals surface area (Å²) in [6.07, 6.45) is 0.274. The van der Waals surface area contributed by atoms with Gasteiger partial charge in [0.1, 0.15) is 5.82 Å². The van der Waals surface area contributed by atoms with Crippen LogP contribution < -0.4 is 0 Å². The molecular weight excluding hydrogens is 365 g/mol. The molecule has 0 aromatic heterocycles. The van der Waals surface area contributed by atoms with Crippen molar-refractivity contribution in [3.05, 3.63) is 34.1 Å². The largest absolute Gasteiger partial charge is 0.481 e. The summed E-state index contributed by atoms with van der Waals surface area (Å²) < 4.78 is 39.5. The lowest BCUT2D eigenvalue weighted by Crippen LogP contribution is -2.35. The van der Waals surface area contributed by atoms with Gasteiger partial charge in [0, 0.05) is 13.1 Å². The molecule has 1 aromatic carbocycles. The summed E-state index contributed by atoms with van der Waals surface area (Å²) in [6, 6.07) is 4.14. The van der Waals surface area contributed by atoms with Gasteiger partial charge in [0.05, 0.1) is 15.6 Å². The third kappa shape index (κ3) is 3.44. The highest BCUT2D eigenvalue weighted by molar-refractivity contribution is 9.10. The number of aliphatic carboxylic acids is 1. The van der Waals surface area contributed by atoms with Crippen molar-refractivity contribution in [2.45, 2.75) is 19.1 Å². The molecule has 0 bridgehead atoms. The number of rotatable bonds is 4. The van der Waals surface area contributed by atoms with Crippen LogP contribution in [0.4, 0.5) is 4.39 Å². The van der Waals surface area contributed by atoms with Crippen molar-refractivity contribution in [2.24, 2.45) is 5.41 Å². The summed E-state index contributed by atoms with van der Waals surface area (Å²) >= 11 is 3.01. The minimum atomic E-state index is -3.66. The van der Waals surface area contributed by atoms with Crippen molar-refractivity contribution in [3.63, 3.8) is 0 Å². The monoisotopic (exact) mass is 379 g/mol. The van der Waals surface area contributed by atoms with E-state index in [1.807, 2.05) is 0 Å². The van der Waals surface area contributed by atoms with Gasteiger partial charge < -0.3 is 5.11 Å². The number of benzene rings is 1. The first kappa shape index (κ1) is 16.4. The predicted octanol–water partition coefficient (Wildman–Crippen LogP) is 2.21. The van der Waals surface area contributed by atoms with Crippen LogP contribution in [0.2, 0.25) is 0 Å². The van der Waals surface area contributed by atoms with Crippen LogP contribution in [-0.4, -0.2) is 36.9 Å². The van der Waals surface area contributed by atoms with E-state index < -0.39 is 27.2 Å². The molecule has 1 atom stereocenters. The Kier molecular flexibility index (Phi) is 4.41. The van der Waals surface area contributed by atoms with E-state index in [-0.39, 0.29) is 29.7 Å². The Morgan fingerprint density at radius 3 is 2.71 bits per heavy atom. The van der Waals surface area contributed by atoms with Crippen LogP contribution in [0.3, 0.4) is 0 Å². The number of carbonyl (C=O) groups is 1. The van der Waals surface area contributed by atoms with Gasteiger partial charge in [-0.1, -0.05) is 6.07 Å². The molecule has 0 aliphatic carbocycles. The van der Waals surface area contributed by atoms with Crippen LogP contribution in [0, 0.1) is 11.2 Å². The number of nitrogens with zero attached hydrogens (tertiary/aromatic N) is 1. The van der Waals surface area contributed by atoms with Gasteiger partial charge in [0.15, 0.2) is 0 Å². The van der Waals surface area contributed by atoms with Gasteiger partial charge in [0.25, 0.3) is 0 Å². The molecule has 0 spiro atoms. The van der Waals surface area contributed by atoms with Crippen LogP contribution in [0.25, 0.3) is 0 Å². The maximum atomic E-state index is 13.4. The quantitative estimate of drug-likeness (QED) is 0.869. The standard InChI is InChI=1S/C13H15BrFNO4S/c1-13(12(17)18)4-5-16(8-13)21(19,20)7-9-2-3-10(14)11(15)6-9/h2-3,6H,4-5,7-8H2,1H3,(H,17,18). The van der Waals surface area contributed by atoms with Gasteiger partial charge in [-0.3, -0.25) is 4.79 Å². The molecule has 1 heterocycles. The highest BCUT2D eigenvalue weighted by atomic mass is 79.9. The zero-order chi connectivity index (χ0) is 15.8. The maximum absolute atomic E-state index is 13.4. The van der Waals surface area contributed by atoms with Gasteiger partial charge in [0.2, 0.25) is 10.0 Å². The Morgan fingerprint density at radius 1 is 1.52 bits per heavy atom. The third-order valence-electron chi connectivity index (χ3n) is 3.68. The second-order valence-electron chi connectivity index (χ2n) is 5.45. The Morgan fingerprint density at radius 2 is 2.19 bits per heavy atom. The summed E-state index contributed by atoms with van der Waals surface area (Å²) in [4.78, 5) is 11.2. The first-order chi connectivity index (χ1) is 9.64. The van der Waals surface area contributed by atoms with E-state index in [1.54, 1.807) is 0 Å². The number of carboxylic acid groups (broad SMARTS) is 1. The van der Waals surface area contributed by atoms with Crippen molar-refractivity contribution < 1.29 is 22.7 Å². The van der Waals surface area contributed by atoms with Crippen LogP contribution in [-0.2, 0) is 20.6 Å². The fourth-order valence-electron chi connectivity index (χ4n) is 2.26. The number of sulfonamides is 1. The Bertz CT molecular complexity index is 679. The average molecular weight is 380 g/mol. The first-order valence-electron chi connectivity index (χ1n) is 6.29. The Labute approximate surface area is 130 Å². The van der Waals surface area contributed by atoms with Gasteiger partial charge in [-0.15, -0.1) is 0 Å². The Hall–Kier alpha value is -0.990. The van der Waals surface area contributed by atoms with Crippen LogP contribution >= 0.6 is 15.9 Å². The minimum Gasteiger partial charge on any atom is -0.481 e. The number of halogens is 2. The highest BCUT2D eigenvalue weighted by Crippen LogP contribution is 2.32. The smallest absolute Gasteiger partial charge is 0.310 e. The van der Waals surface area contributed by atoms with Crippen molar-refractivity contribution in [1.29, 1.82) is 0 Å². The van der Waals surface area contributed by atoms with E-state index in [4.69, 9.17) is 5.11 Å². The fraction of sp³-hybridized carbons (Fsp3) is 0.462.